The molecule has 1 aliphatic rings. The Morgan fingerprint density at radius 2 is 2.29 bits per heavy atom. The minimum Gasteiger partial charge on any atom is -0.339 e. The summed E-state index contributed by atoms with van der Waals surface area (Å²) in [6.07, 6.45) is 5.78. The summed E-state index contributed by atoms with van der Waals surface area (Å²) in [6, 6.07) is 6.75. The van der Waals surface area contributed by atoms with E-state index in [0.717, 1.165) is 35.3 Å². The Kier molecular flexibility index (Phi) is 4.70. The number of piperidine rings is 1. The lowest BCUT2D eigenvalue weighted by molar-refractivity contribution is 0.342. The first kappa shape index (κ1) is 14.7. The molecule has 1 N–H and O–H groups in total. The van der Waals surface area contributed by atoms with Crippen molar-refractivity contribution < 1.29 is 4.52 Å². The van der Waals surface area contributed by atoms with E-state index in [4.69, 9.17) is 4.52 Å². The summed E-state index contributed by atoms with van der Waals surface area (Å²) in [4.78, 5) is 4.52. The van der Waals surface area contributed by atoms with Crippen LogP contribution in [0.15, 0.2) is 27.2 Å². The van der Waals surface area contributed by atoms with Gasteiger partial charge in [0.25, 0.3) is 0 Å². The molecule has 0 amide bonds. The number of benzene rings is 1. The van der Waals surface area contributed by atoms with E-state index in [2.05, 4.69) is 50.4 Å². The molecule has 0 saturated carbocycles. The van der Waals surface area contributed by atoms with Gasteiger partial charge in [-0.1, -0.05) is 33.6 Å². The van der Waals surface area contributed by atoms with E-state index in [1.165, 1.54) is 24.8 Å². The van der Waals surface area contributed by atoms with Crippen molar-refractivity contribution >= 4 is 15.9 Å². The van der Waals surface area contributed by atoms with E-state index in [1.807, 2.05) is 6.07 Å². The third kappa shape index (κ3) is 3.71. The fourth-order valence-electron chi connectivity index (χ4n) is 2.74. The van der Waals surface area contributed by atoms with Gasteiger partial charge in [-0.3, -0.25) is 0 Å². The van der Waals surface area contributed by atoms with Crippen LogP contribution in [0.2, 0.25) is 0 Å². The maximum absolute atomic E-state index is 5.39. The molecule has 2 aromatic rings. The Morgan fingerprint density at radius 1 is 1.38 bits per heavy atom. The first-order chi connectivity index (χ1) is 10.2. The van der Waals surface area contributed by atoms with Crippen molar-refractivity contribution in [3.8, 4) is 11.4 Å². The van der Waals surface area contributed by atoms with Crippen LogP contribution in [0.4, 0.5) is 0 Å². The SMILES string of the molecule is Cc1ccc(-c2noc(CCC3CCCCN3)n2)c(Br)c1. The van der Waals surface area contributed by atoms with Gasteiger partial charge in [-0.15, -0.1) is 0 Å². The van der Waals surface area contributed by atoms with E-state index in [0.29, 0.717) is 11.9 Å². The lowest BCUT2D eigenvalue weighted by Crippen LogP contribution is -2.34. The van der Waals surface area contributed by atoms with Crippen LogP contribution in [0.3, 0.4) is 0 Å². The van der Waals surface area contributed by atoms with Gasteiger partial charge in [0, 0.05) is 22.5 Å². The molecule has 1 aromatic heterocycles. The molecule has 21 heavy (non-hydrogen) atoms. The number of nitrogens with one attached hydrogen (secondary N) is 1. The zero-order valence-electron chi connectivity index (χ0n) is 12.2. The second kappa shape index (κ2) is 6.71. The number of nitrogens with zero attached hydrogens (tertiary/aromatic N) is 2. The monoisotopic (exact) mass is 349 g/mol. The topological polar surface area (TPSA) is 51.0 Å². The van der Waals surface area contributed by atoms with E-state index in [-0.39, 0.29) is 0 Å². The van der Waals surface area contributed by atoms with Crippen LogP contribution in [0.1, 0.15) is 37.1 Å². The molecule has 4 nitrogen and oxygen atoms in total. The number of hydrogen-bond acceptors (Lipinski definition) is 4. The first-order valence-electron chi connectivity index (χ1n) is 7.55. The molecule has 0 spiro atoms. The molecular weight excluding hydrogens is 330 g/mol. The molecule has 1 aromatic carbocycles. The van der Waals surface area contributed by atoms with Crippen molar-refractivity contribution in [3.63, 3.8) is 0 Å². The van der Waals surface area contributed by atoms with E-state index in [1.54, 1.807) is 0 Å². The van der Waals surface area contributed by atoms with Gasteiger partial charge in [-0.25, -0.2) is 0 Å². The maximum Gasteiger partial charge on any atom is 0.227 e. The fraction of sp³-hybridized carbons (Fsp3) is 0.500. The van der Waals surface area contributed by atoms with Gasteiger partial charge in [-0.2, -0.15) is 4.98 Å². The number of aromatic nitrogens is 2. The van der Waals surface area contributed by atoms with E-state index >= 15 is 0 Å². The molecule has 3 rings (SSSR count). The molecule has 112 valence electrons. The van der Waals surface area contributed by atoms with Crippen LogP contribution in [-0.2, 0) is 6.42 Å². The number of halogens is 1. The predicted octanol–water partition coefficient (Wildman–Crippen LogP) is 3.88. The number of rotatable bonds is 4. The predicted molar refractivity (Wildman–Crippen MR) is 86.1 cm³/mol. The Morgan fingerprint density at radius 3 is 3.05 bits per heavy atom. The van der Waals surface area contributed by atoms with Gasteiger partial charge in [-0.05, 0) is 50.4 Å². The van der Waals surface area contributed by atoms with Crippen molar-refractivity contribution in [1.82, 2.24) is 15.5 Å². The van der Waals surface area contributed by atoms with Gasteiger partial charge in [0.15, 0.2) is 0 Å². The molecule has 0 bridgehead atoms. The maximum atomic E-state index is 5.39. The molecule has 2 heterocycles. The summed E-state index contributed by atoms with van der Waals surface area (Å²) in [5.41, 5.74) is 2.18. The highest BCUT2D eigenvalue weighted by Gasteiger charge is 2.15. The lowest BCUT2D eigenvalue weighted by Gasteiger charge is -2.22. The standard InChI is InChI=1S/C16H20BrN3O/c1-11-5-7-13(14(17)10-11)16-19-15(21-20-16)8-6-12-4-2-3-9-18-12/h5,7,10,12,18H,2-4,6,8-9H2,1H3. The molecule has 1 fully saturated rings. The zero-order valence-corrected chi connectivity index (χ0v) is 13.8. The largest absolute Gasteiger partial charge is 0.339 e. The highest BCUT2D eigenvalue weighted by Crippen LogP contribution is 2.27. The van der Waals surface area contributed by atoms with Crippen LogP contribution in [0.25, 0.3) is 11.4 Å². The van der Waals surface area contributed by atoms with Gasteiger partial charge in [0.1, 0.15) is 0 Å². The van der Waals surface area contributed by atoms with E-state index < -0.39 is 0 Å². The van der Waals surface area contributed by atoms with Gasteiger partial charge < -0.3 is 9.84 Å². The first-order valence-corrected chi connectivity index (χ1v) is 8.34. The Bertz CT molecular complexity index is 605. The van der Waals surface area contributed by atoms with Crippen molar-refractivity contribution in [2.45, 2.75) is 45.1 Å². The van der Waals surface area contributed by atoms with Crippen LogP contribution >= 0.6 is 15.9 Å². The minimum atomic E-state index is 0.597. The summed E-state index contributed by atoms with van der Waals surface area (Å²) < 4.78 is 6.39. The summed E-state index contributed by atoms with van der Waals surface area (Å²) >= 11 is 3.56. The quantitative estimate of drug-likeness (QED) is 0.909. The van der Waals surface area contributed by atoms with Crippen LogP contribution in [-0.4, -0.2) is 22.7 Å². The Balaban J connectivity index is 1.65. The van der Waals surface area contributed by atoms with Crippen molar-refractivity contribution in [1.29, 1.82) is 0 Å². The summed E-state index contributed by atoms with van der Waals surface area (Å²) in [5, 5.41) is 7.65. The van der Waals surface area contributed by atoms with Crippen LogP contribution in [0.5, 0.6) is 0 Å². The Hall–Kier alpha value is -1.20. The molecule has 0 aliphatic carbocycles. The van der Waals surface area contributed by atoms with Crippen molar-refractivity contribution in [2.75, 3.05) is 6.54 Å². The number of aryl methyl sites for hydroxylation is 2. The minimum absolute atomic E-state index is 0.597. The molecule has 5 heteroatoms. The molecule has 1 atom stereocenters. The average molecular weight is 350 g/mol. The zero-order chi connectivity index (χ0) is 14.7. The second-order valence-corrected chi connectivity index (χ2v) is 6.53. The van der Waals surface area contributed by atoms with E-state index in [9.17, 15) is 0 Å². The van der Waals surface area contributed by atoms with Crippen LogP contribution < -0.4 is 5.32 Å². The van der Waals surface area contributed by atoms with Crippen molar-refractivity contribution in [3.05, 3.63) is 34.1 Å². The highest BCUT2D eigenvalue weighted by molar-refractivity contribution is 9.10. The molecule has 1 unspecified atom stereocenters. The average Bonchev–Trinajstić information content (AvgIpc) is 2.95. The summed E-state index contributed by atoms with van der Waals surface area (Å²) in [5.74, 6) is 1.39. The summed E-state index contributed by atoms with van der Waals surface area (Å²) in [7, 11) is 0. The lowest BCUT2D eigenvalue weighted by atomic mass is 10.0. The van der Waals surface area contributed by atoms with Crippen molar-refractivity contribution in [2.24, 2.45) is 0 Å². The smallest absolute Gasteiger partial charge is 0.227 e. The number of hydrogen-bond donors (Lipinski definition) is 1. The highest BCUT2D eigenvalue weighted by atomic mass is 79.9. The normalized spacial score (nSPS) is 18.9. The molecule has 1 aliphatic heterocycles. The third-order valence-electron chi connectivity index (χ3n) is 3.95. The Labute approximate surface area is 133 Å². The van der Waals surface area contributed by atoms with Gasteiger partial charge >= 0.3 is 0 Å². The van der Waals surface area contributed by atoms with Gasteiger partial charge in [0.05, 0.1) is 0 Å². The molecular formula is C16H20BrN3O. The van der Waals surface area contributed by atoms with Crippen LogP contribution in [0, 0.1) is 6.92 Å². The third-order valence-corrected chi connectivity index (χ3v) is 4.61. The second-order valence-electron chi connectivity index (χ2n) is 5.68. The molecule has 0 radical (unpaired) electrons. The fourth-order valence-corrected chi connectivity index (χ4v) is 3.41. The molecule has 1 saturated heterocycles. The van der Waals surface area contributed by atoms with Gasteiger partial charge in [0.2, 0.25) is 11.7 Å². The summed E-state index contributed by atoms with van der Waals surface area (Å²) in [6.45, 7) is 3.20.